The molecule has 0 amide bonds. The van der Waals surface area contributed by atoms with Crippen LogP contribution in [0.15, 0.2) is 10.7 Å². The van der Waals surface area contributed by atoms with Gasteiger partial charge in [-0.2, -0.15) is 4.98 Å². The second-order valence-electron chi connectivity index (χ2n) is 4.59. The molecule has 2 rings (SSSR count). The smallest absolute Gasteiger partial charge is 0.360 e. The number of anilines is 1. The molecule has 7 nitrogen and oxygen atoms in total. The molecular formula is C12H18N2O5. The lowest BCUT2D eigenvalue weighted by Gasteiger charge is -2.16. The summed E-state index contributed by atoms with van der Waals surface area (Å²) in [5, 5.41) is 2.95. The number of rotatable bonds is 5. The van der Waals surface area contributed by atoms with Gasteiger partial charge in [0, 0.05) is 6.54 Å². The molecule has 0 saturated carbocycles. The van der Waals surface area contributed by atoms with Crippen LogP contribution in [0, 0.1) is 0 Å². The van der Waals surface area contributed by atoms with Gasteiger partial charge in [-0.05, 0) is 20.8 Å². The summed E-state index contributed by atoms with van der Waals surface area (Å²) < 4.78 is 21.0. The van der Waals surface area contributed by atoms with Gasteiger partial charge in [0.1, 0.15) is 12.4 Å². The summed E-state index contributed by atoms with van der Waals surface area (Å²) >= 11 is 0. The molecule has 106 valence electrons. The lowest BCUT2D eigenvalue weighted by Crippen LogP contribution is -2.26. The van der Waals surface area contributed by atoms with Crippen LogP contribution >= 0.6 is 0 Å². The summed E-state index contributed by atoms with van der Waals surface area (Å²) in [4.78, 5) is 15.4. The molecule has 1 unspecified atom stereocenters. The molecule has 19 heavy (non-hydrogen) atoms. The monoisotopic (exact) mass is 270 g/mol. The first-order chi connectivity index (χ1) is 9.00. The minimum atomic E-state index is -0.557. The first-order valence-corrected chi connectivity index (χ1v) is 6.18. The van der Waals surface area contributed by atoms with Crippen LogP contribution in [0.25, 0.3) is 0 Å². The van der Waals surface area contributed by atoms with Crippen molar-refractivity contribution in [1.29, 1.82) is 0 Å². The molecule has 1 aromatic heterocycles. The second kappa shape index (κ2) is 5.58. The van der Waals surface area contributed by atoms with Crippen LogP contribution in [-0.4, -0.2) is 42.6 Å². The van der Waals surface area contributed by atoms with Crippen molar-refractivity contribution in [1.82, 2.24) is 4.98 Å². The molecule has 0 aromatic carbocycles. The summed E-state index contributed by atoms with van der Waals surface area (Å²) in [6, 6.07) is 0.261. The van der Waals surface area contributed by atoms with E-state index < -0.39 is 11.8 Å². The zero-order valence-electron chi connectivity index (χ0n) is 11.3. The van der Waals surface area contributed by atoms with Gasteiger partial charge in [0.15, 0.2) is 11.5 Å². The zero-order valence-corrected chi connectivity index (χ0v) is 11.3. The lowest BCUT2D eigenvalue weighted by molar-refractivity contribution is -0.136. The molecule has 0 bridgehead atoms. The maximum atomic E-state index is 11.4. The van der Waals surface area contributed by atoms with Gasteiger partial charge in [-0.1, -0.05) is 0 Å². The normalized spacial score (nSPS) is 21.3. The van der Waals surface area contributed by atoms with Crippen molar-refractivity contribution in [3.63, 3.8) is 0 Å². The van der Waals surface area contributed by atoms with Crippen LogP contribution in [0.4, 0.5) is 6.01 Å². The number of carbonyl (C=O) groups excluding carboxylic acids is 1. The van der Waals surface area contributed by atoms with E-state index >= 15 is 0 Å². The number of esters is 1. The number of hydrogen-bond donors (Lipinski definition) is 1. The third kappa shape index (κ3) is 3.68. The Morgan fingerprint density at radius 3 is 3.05 bits per heavy atom. The molecule has 1 aromatic rings. The van der Waals surface area contributed by atoms with Gasteiger partial charge in [-0.3, -0.25) is 0 Å². The Morgan fingerprint density at radius 1 is 1.63 bits per heavy atom. The van der Waals surface area contributed by atoms with Crippen LogP contribution in [0.3, 0.4) is 0 Å². The molecule has 2 heterocycles. The van der Waals surface area contributed by atoms with E-state index in [9.17, 15) is 4.79 Å². The van der Waals surface area contributed by atoms with Crippen molar-refractivity contribution in [3.8, 4) is 0 Å². The van der Waals surface area contributed by atoms with Crippen molar-refractivity contribution in [2.45, 2.75) is 32.7 Å². The minimum absolute atomic E-state index is 0.0760. The molecule has 0 radical (unpaired) electrons. The van der Waals surface area contributed by atoms with Crippen molar-refractivity contribution in [2.75, 3.05) is 25.1 Å². The van der Waals surface area contributed by atoms with Crippen LogP contribution in [0.5, 0.6) is 0 Å². The van der Waals surface area contributed by atoms with E-state index in [4.69, 9.17) is 18.6 Å². The van der Waals surface area contributed by atoms with Gasteiger partial charge in [0.05, 0.1) is 13.2 Å². The van der Waals surface area contributed by atoms with E-state index in [2.05, 4.69) is 10.3 Å². The molecule has 1 aliphatic rings. The maximum absolute atomic E-state index is 11.4. The van der Waals surface area contributed by atoms with E-state index in [1.54, 1.807) is 6.92 Å². The Hall–Kier alpha value is -1.60. The average molecular weight is 270 g/mol. The van der Waals surface area contributed by atoms with Gasteiger partial charge in [0.25, 0.3) is 6.01 Å². The number of nitrogens with one attached hydrogen (secondary N) is 1. The van der Waals surface area contributed by atoms with Crippen molar-refractivity contribution in [3.05, 3.63) is 12.0 Å². The fourth-order valence-electron chi connectivity index (χ4n) is 1.72. The van der Waals surface area contributed by atoms with E-state index in [0.29, 0.717) is 19.8 Å². The molecule has 1 N–H and O–H groups in total. The molecular weight excluding hydrogens is 252 g/mol. The first-order valence-electron chi connectivity index (χ1n) is 6.18. The van der Waals surface area contributed by atoms with Crippen LogP contribution in [-0.2, 0) is 14.2 Å². The highest BCUT2D eigenvalue weighted by Crippen LogP contribution is 2.22. The predicted octanol–water partition coefficient (Wildman–Crippen LogP) is 1.41. The summed E-state index contributed by atoms with van der Waals surface area (Å²) in [5.41, 5.74) is 0.147. The van der Waals surface area contributed by atoms with E-state index in [1.807, 2.05) is 13.8 Å². The summed E-state index contributed by atoms with van der Waals surface area (Å²) in [6.07, 6.45) is 1.18. The third-order valence-electron chi connectivity index (χ3n) is 2.54. The molecule has 1 aliphatic heterocycles. The van der Waals surface area contributed by atoms with Crippen molar-refractivity contribution < 1.29 is 23.4 Å². The SMILES string of the molecule is CCOC(=O)c1coc(NCC2COC(C)(C)O2)n1. The van der Waals surface area contributed by atoms with Gasteiger partial charge >= 0.3 is 5.97 Å². The summed E-state index contributed by atoms with van der Waals surface area (Å²) in [5.74, 6) is -1.06. The molecule has 1 fully saturated rings. The first kappa shape index (κ1) is 13.8. The standard InChI is InChI=1S/C12H18N2O5/c1-4-16-10(15)9-7-17-11(14-9)13-5-8-6-18-12(2,3)19-8/h7-8H,4-6H2,1-3H3,(H,13,14). The topological polar surface area (TPSA) is 82.8 Å². The fourth-order valence-corrected chi connectivity index (χ4v) is 1.72. The highest BCUT2D eigenvalue weighted by atomic mass is 16.7. The average Bonchev–Trinajstić information content (AvgIpc) is 2.93. The number of hydrogen-bond acceptors (Lipinski definition) is 7. The minimum Gasteiger partial charge on any atom is -0.461 e. The van der Waals surface area contributed by atoms with Gasteiger partial charge < -0.3 is 23.9 Å². The number of ether oxygens (including phenoxy) is 3. The number of nitrogens with zero attached hydrogens (tertiary/aromatic N) is 1. The zero-order chi connectivity index (χ0) is 13.9. The second-order valence-corrected chi connectivity index (χ2v) is 4.59. The molecule has 7 heteroatoms. The third-order valence-corrected chi connectivity index (χ3v) is 2.54. The lowest BCUT2D eigenvalue weighted by atomic mass is 10.4. The number of aromatic nitrogens is 1. The number of carbonyl (C=O) groups is 1. The molecule has 0 aliphatic carbocycles. The van der Waals surface area contributed by atoms with Gasteiger partial charge in [-0.25, -0.2) is 4.79 Å². The highest BCUT2D eigenvalue weighted by molar-refractivity contribution is 5.87. The quantitative estimate of drug-likeness (QED) is 0.810. The predicted molar refractivity (Wildman–Crippen MR) is 65.9 cm³/mol. The molecule has 1 saturated heterocycles. The van der Waals surface area contributed by atoms with Gasteiger partial charge in [-0.15, -0.1) is 0 Å². The van der Waals surface area contributed by atoms with Crippen LogP contribution < -0.4 is 5.32 Å². The Bertz CT molecular complexity index is 443. The Labute approximate surface area is 111 Å². The maximum Gasteiger partial charge on any atom is 0.360 e. The van der Waals surface area contributed by atoms with Crippen LogP contribution in [0.2, 0.25) is 0 Å². The van der Waals surface area contributed by atoms with E-state index in [0.717, 1.165) is 0 Å². The largest absolute Gasteiger partial charge is 0.461 e. The van der Waals surface area contributed by atoms with E-state index in [1.165, 1.54) is 6.26 Å². The number of oxazole rings is 1. The van der Waals surface area contributed by atoms with Crippen molar-refractivity contribution >= 4 is 12.0 Å². The summed E-state index contributed by atoms with van der Waals surface area (Å²) in [6.45, 7) is 6.75. The Morgan fingerprint density at radius 2 is 2.42 bits per heavy atom. The Kier molecular flexibility index (Phi) is 4.06. The Balaban J connectivity index is 1.82. The van der Waals surface area contributed by atoms with Crippen LogP contribution in [0.1, 0.15) is 31.3 Å². The molecule has 1 atom stereocenters. The molecule has 0 spiro atoms. The van der Waals surface area contributed by atoms with E-state index in [-0.39, 0.29) is 17.8 Å². The highest BCUT2D eigenvalue weighted by Gasteiger charge is 2.32. The van der Waals surface area contributed by atoms with Crippen molar-refractivity contribution in [2.24, 2.45) is 0 Å². The van der Waals surface area contributed by atoms with Gasteiger partial charge in [0.2, 0.25) is 0 Å². The fraction of sp³-hybridized carbons (Fsp3) is 0.667. The summed E-state index contributed by atoms with van der Waals surface area (Å²) in [7, 11) is 0.